The number of piperidine rings is 1. The van der Waals surface area contributed by atoms with Gasteiger partial charge in [-0.25, -0.2) is 8.42 Å². The predicted octanol–water partition coefficient (Wildman–Crippen LogP) is -2.17. The van der Waals surface area contributed by atoms with E-state index in [1.54, 1.807) is 0 Å². The molecule has 0 atom stereocenters. The SMILES string of the molecule is C=CC1CC[N+]2(CC1)CCS(=O)(=O)CC2.[Cl-]. The zero-order valence-corrected chi connectivity index (χ0v) is 11.1. The fourth-order valence-corrected chi connectivity index (χ4v) is 4.23. The maximum atomic E-state index is 11.4. The number of rotatable bonds is 1. The van der Waals surface area contributed by atoms with E-state index < -0.39 is 9.84 Å². The molecule has 0 saturated carbocycles. The summed E-state index contributed by atoms with van der Waals surface area (Å²) in [4.78, 5) is 0. The zero-order valence-electron chi connectivity index (χ0n) is 9.57. The van der Waals surface area contributed by atoms with Gasteiger partial charge in [0.2, 0.25) is 0 Å². The van der Waals surface area contributed by atoms with Crippen molar-refractivity contribution in [2.24, 2.45) is 5.92 Å². The predicted molar refractivity (Wildman–Crippen MR) is 61.3 cm³/mol. The lowest BCUT2D eigenvalue weighted by atomic mass is 9.95. The van der Waals surface area contributed by atoms with Crippen molar-refractivity contribution in [3.63, 3.8) is 0 Å². The van der Waals surface area contributed by atoms with Gasteiger partial charge >= 0.3 is 0 Å². The molecule has 5 heteroatoms. The summed E-state index contributed by atoms with van der Waals surface area (Å²) < 4.78 is 23.8. The molecular weight excluding hydrogens is 246 g/mol. The molecule has 0 amide bonds. The second-order valence-corrected chi connectivity index (χ2v) is 7.26. The first-order valence-electron chi connectivity index (χ1n) is 5.73. The van der Waals surface area contributed by atoms with Crippen LogP contribution in [-0.4, -0.2) is 50.6 Å². The van der Waals surface area contributed by atoms with E-state index in [4.69, 9.17) is 0 Å². The number of quaternary nitrogens is 1. The fourth-order valence-electron chi connectivity index (χ4n) is 2.70. The monoisotopic (exact) mass is 265 g/mol. The van der Waals surface area contributed by atoms with Gasteiger partial charge in [0, 0.05) is 12.8 Å². The minimum absolute atomic E-state index is 0. The van der Waals surface area contributed by atoms with Crippen LogP contribution >= 0.6 is 0 Å². The Labute approximate surface area is 104 Å². The molecule has 0 N–H and O–H groups in total. The van der Waals surface area contributed by atoms with Crippen LogP contribution in [0.4, 0.5) is 0 Å². The summed E-state index contributed by atoms with van der Waals surface area (Å²) in [5.41, 5.74) is 0. The minimum Gasteiger partial charge on any atom is -1.00 e. The summed E-state index contributed by atoms with van der Waals surface area (Å²) in [7, 11) is -2.71. The molecule has 2 saturated heterocycles. The molecule has 0 aromatic rings. The van der Waals surface area contributed by atoms with E-state index in [0.717, 1.165) is 30.7 Å². The van der Waals surface area contributed by atoms with Gasteiger partial charge in [0.05, 0.1) is 37.7 Å². The summed E-state index contributed by atoms with van der Waals surface area (Å²) in [6.45, 7) is 7.81. The van der Waals surface area contributed by atoms with E-state index >= 15 is 0 Å². The van der Waals surface area contributed by atoms with Crippen molar-refractivity contribution in [3.8, 4) is 0 Å². The topological polar surface area (TPSA) is 34.1 Å². The van der Waals surface area contributed by atoms with Crippen molar-refractivity contribution >= 4 is 9.84 Å². The van der Waals surface area contributed by atoms with Crippen molar-refractivity contribution in [2.45, 2.75) is 12.8 Å². The quantitative estimate of drug-likeness (QED) is 0.400. The van der Waals surface area contributed by atoms with Crippen molar-refractivity contribution in [2.75, 3.05) is 37.7 Å². The Morgan fingerprint density at radius 2 is 1.56 bits per heavy atom. The van der Waals surface area contributed by atoms with E-state index in [1.165, 1.54) is 12.8 Å². The molecule has 3 nitrogen and oxygen atoms in total. The molecule has 2 heterocycles. The van der Waals surface area contributed by atoms with Crippen LogP contribution in [0.2, 0.25) is 0 Å². The van der Waals surface area contributed by atoms with Crippen LogP contribution in [0.25, 0.3) is 0 Å². The highest BCUT2D eigenvalue weighted by Crippen LogP contribution is 2.26. The summed E-state index contributed by atoms with van der Waals surface area (Å²) in [5, 5.41) is 0. The van der Waals surface area contributed by atoms with E-state index in [2.05, 4.69) is 12.7 Å². The van der Waals surface area contributed by atoms with Gasteiger partial charge in [-0.1, -0.05) is 6.08 Å². The number of nitrogens with zero attached hydrogens (tertiary/aromatic N) is 1. The molecule has 2 aliphatic heterocycles. The average Bonchev–Trinajstić information content (AvgIpc) is 2.24. The van der Waals surface area contributed by atoms with Gasteiger partial charge in [0.25, 0.3) is 0 Å². The van der Waals surface area contributed by atoms with Crippen LogP contribution in [0.1, 0.15) is 12.8 Å². The van der Waals surface area contributed by atoms with Crippen LogP contribution in [-0.2, 0) is 9.84 Å². The number of sulfone groups is 1. The molecule has 0 radical (unpaired) electrons. The Kier molecular flexibility index (Phi) is 4.43. The molecule has 0 aromatic heterocycles. The Bertz CT molecular complexity index is 329. The zero-order chi connectivity index (χ0) is 10.9. The highest BCUT2D eigenvalue weighted by molar-refractivity contribution is 7.91. The van der Waals surface area contributed by atoms with Crippen LogP contribution in [0.5, 0.6) is 0 Å². The van der Waals surface area contributed by atoms with Crippen molar-refractivity contribution < 1.29 is 25.3 Å². The van der Waals surface area contributed by atoms with Crippen LogP contribution in [0, 0.1) is 5.92 Å². The van der Waals surface area contributed by atoms with Gasteiger partial charge in [0.15, 0.2) is 9.84 Å². The first-order chi connectivity index (χ1) is 7.05. The molecular formula is C11H20ClNO2S. The molecule has 16 heavy (non-hydrogen) atoms. The van der Waals surface area contributed by atoms with Crippen LogP contribution < -0.4 is 12.4 Å². The van der Waals surface area contributed by atoms with Crippen LogP contribution in [0.3, 0.4) is 0 Å². The third-order valence-corrected chi connectivity index (χ3v) is 5.64. The Balaban J connectivity index is 0.00000128. The van der Waals surface area contributed by atoms with E-state index in [1.807, 2.05) is 0 Å². The molecule has 94 valence electrons. The summed E-state index contributed by atoms with van der Waals surface area (Å²) in [5.74, 6) is 1.45. The van der Waals surface area contributed by atoms with Gasteiger partial charge in [-0.15, -0.1) is 6.58 Å². The molecule has 0 unspecified atom stereocenters. The highest BCUT2D eigenvalue weighted by atomic mass is 35.5. The molecule has 2 rings (SSSR count). The third kappa shape index (κ3) is 2.99. The minimum atomic E-state index is -2.71. The number of hydrogen-bond donors (Lipinski definition) is 0. The molecule has 2 aliphatic rings. The smallest absolute Gasteiger partial charge is 0.161 e. The third-order valence-electron chi connectivity index (χ3n) is 4.04. The molecule has 2 fully saturated rings. The maximum Gasteiger partial charge on any atom is 0.161 e. The second-order valence-electron chi connectivity index (χ2n) is 4.96. The Morgan fingerprint density at radius 1 is 1.06 bits per heavy atom. The second kappa shape index (κ2) is 5.07. The van der Waals surface area contributed by atoms with Crippen molar-refractivity contribution in [3.05, 3.63) is 12.7 Å². The van der Waals surface area contributed by atoms with Crippen LogP contribution in [0.15, 0.2) is 12.7 Å². The normalized spacial score (nSPS) is 28.2. The van der Waals surface area contributed by atoms with Crippen molar-refractivity contribution in [1.29, 1.82) is 0 Å². The van der Waals surface area contributed by atoms with Gasteiger partial charge < -0.3 is 16.9 Å². The van der Waals surface area contributed by atoms with E-state index in [-0.39, 0.29) is 12.4 Å². The molecule has 0 bridgehead atoms. The Hall–Kier alpha value is -0.0600. The fraction of sp³-hybridized carbons (Fsp3) is 0.818. The van der Waals surface area contributed by atoms with Gasteiger partial charge in [0.1, 0.15) is 0 Å². The number of halogens is 1. The lowest BCUT2D eigenvalue weighted by Crippen LogP contribution is -3.00. The Morgan fingerprint density at radius 3 is 2.00 bits per heavy atom. The molecule has 0 aliphatic carbocycles. The largest absolute Gasteiger partial charge is 1.00 e. The maximum absolute atomic E-state index is 11.4. The molecule has 0 aromatic carbocycles. The van der Waals surface area contributed by atoms with Gasteiger partial charge in [-0.2, -0.15) is 0 Å². The van der Waals surface area contributed by atoms with E-state index in [9.17, 15) is 8.42 Å². The van der Waals surface area contributed by atoms with Crippen molar-refractivity contribution in [1.82, 2.24) is 0 Å². The number of hydrogen-bond acceptors (Lipinski definition) is 2. The number of allylic oxidation sites excluding steroid dienone is 1. The first kappa shape index (κ1) is 14.0. The molecule has 1 spiro atoms. The highest BCUT2D eigenvalue weighted by Gasteiger charge is 2.38. The van der Waals surface area contributed by atoms with Gasteiger partial charge in [-0.3, -0.25) is 0 Å². The average molecular weight is 266 g/mol. The lowest BCUT2D eigenvalue weighted by molar-refractivity contribution is -0.930. The standard InChI is InChI=1S/C11H20NO2S.ClH/c1-2-11-3-5-12(6-4-11)7-9-15(13,14)10-8-12;/h2,11H,1,3-10H2;1H/q+1;/p-1. The lowest BCUT2D eigenvalue weighted by Gasteiger charge is -2.45. The summed E-state index contributed by atoms with van der Waals surface area (Å²) >= 11 is 0. The first-order valence-corrected chi connectivity index (χ1v) is 7.56. The summed E-state index contributed by atoms with van der Waals surface area (Å²) in [6, 6.07) is 0. The van der Waals surface area contributed by atoms with E-state index in [0.29, 0.717) is 17.4 Å². The van der Waals surface area contributed by atoms with Gasteiger partial charge in [-0.05, 0) is 5.92 Å². The summed E-state index contributed by atoms with van der Waals surface area (Å²) in [6.07, 6.45) is 4.42.